The van der Waals surface area contributed by atoms with Crippen molar-refractivity contribution in [1.82, 2.24) is 0 Å². The van der Waals surface area contributed by atoms with Crippen LogP contribution in [0, 0.1) is 13.8 Å². The number of likely N-dealkylation sites (N-methyl/N-ethyl adjacent to an activating group) is 1. The maximum absolute atomic E-state index is 12.8. The lowest BCUT2D eigenvalue weighted by Gasteiger charge is -2.24. The lowest BCUT2D eigenvalue weighted by Crippen LogP contribution is -2.37. The predicted molar refractivity (Wildman–Crippen MR) is 243 cm³/mol. The van der Waals surface area contributed by atoms with Crippen molar-refractivity contribution in [2.24, 2.45) is 0 Å². The van der Waals surface area contributed by atoms with Crippen molar-refractivity contribution >= 4 is 19.8 Å². The molecule has 0 fully saturated rings. The fourth-order valence-electron chi connectivity index (χ4n) is 5.82. The van der Waals surface area contributed by atoms with Crippen LogP contribution in [0.15, 0.2) is 77.3 Å². The van der Waals surface area contributed by atoms with Gasteiger partial charge in [0.15, 0.2) is 6.10 Å². The quantitative estimate of drug-likeness (QED) is 0.0169. The minimum Gasteiger partial charge on any atom is -0.466 e. The number of nitrogens with zero attached hydrogens (tertiary/aromatic N) is 1. The summed E-state index contributed by atoms with van der Waals surface area (Å²) < 4.78 is 40.2. The van der Waals surface area contributed by atoms with Crippen LogP contribution in [0.3, 0.4) is 0 Å². The molecule has 0 aliphatic rings. The number of carbonyl (C=O) groups excluding carboxylic acids is 2. The molecule has 0 aromatic carbocycles. The molecule has 0 aliphatic heterocycles. The number of hydrogen-bond acceptors (Lipinski definition) is 9. The highest BCUT2D eigenvalue weighted by Crippen LogP contribution is 2.43. The van der Waals surface area contributed by atoms with Crippen molar-refractivity contribution in [3.63, 3.8) is 0 Å². The molecule has 1 rings (SSSR count). The highest BCUT2D eigenvalue weighted by atomic mass is 31.2. The Morgan fingerprint density at radius 3 is 1.88 bits per heavy atom. The van der Waals surface area contributed by atoms with Gasteiger partial charge in [-0.3, -0.25) is 18.6 Å². The van der Waals surface area contributed by atoms with E-state index in [1.165, 1.54) is 11.1 Å². The number of aryl methyl sites for hydroxylation is 2. The number of esters is 2. The van der Waals surface area contributed by atoms with Gasteiger partial charge in [-0.2, -0.15) is 0 Å². The Balaban J connectivity index is 2.47. The Hall–Kier alpha value is -3.31. The molecule has 1 heterocycles. The molecule has 0 aliphatic carbocycles. The van der Waals surface area contributed by atoms with E-state index in [-0.39, 0.29) is 32.5 Å². The molecule has 0 radical (unpaired) electrons. The van der Waals surface area contributed by atoms with Crippen LogP contribution in [0.25, 0.3) is 0 Å². The first-order chi connectivity index (χ1) is 28.7. The molecule has 0 saturated heterocycles. The molecule has 340 valence electrons. The average molecular weight is 861 g/mol. The van der Waals surface area contributed by atoms with Gasteiger partial charge in [0.25, 0.3) is 0 Å². The lowest BCUT2D eigenvalue weighted by atomic mass is 10.0. The number of carbonyl (C=O) groups is 2. The van der Waals surface area contributed by atoms with Crippen molar-refractivity contribution in [3.8, 4) is 0 Å². The Labute approximate surface area is 362 Å². The molecule has 11 nitrogen and oxygen atoms in total. The first kappa shape index (κ1) is 54.7. The second-order valence-corrected chi connectivity index (χ2v) is 17.6. The van der Waals surface area contributed by atoms with E-state index >= 15 is 0 Å². The summed E-state index contributed by atoms with van der Waals surface area (Å²) in [5.41, 5.74) is 2.54. The maximum atomic E-state index is 12.8. The number of phosphoric acid groups is 1. The van der Waals surface area contributed by atoms with Crippen molar-refractivity contribution in [1.29, 1.82) is 0 Å². The van der Waals surface area contributed by atoms with Gasteiger partial charge < -0.3 is 28.4 Å². The second-order valence-electron chi connectivity index (χ2n) is 16.1. The summed E-state index contributed by atoms with van der Waals surface area (Å²) in [6.07, 6.45) is 35.8. The molecule has 60 heavy (non-hydrogen) atoms. The summed E-state index contributed by atoms with van der Waals surface area (Å²) >= 11 is 0. The maximum Gasteiger partial charge on any atom is 0.472 e. The summed E-state index contributed by atoms with van der Waals surface area (Å²) in [5.74, 6) is 1.08. The monoisotopic (exact) mass is 861 g/mol. The molecule has 2 unspecified atom stereocenters. The van der Waals surface area contributed by atoms with Crippen molar-refractivity contribution in [2.45, 2.75) is 149 Å². The SMILES string of the molecule is CC/C=C\C/C=C\C/C=C\C/C=C\C/C=C\C=C/C(O)CCC(=O)OC[C@H](COP(=O)(O)OCC[N+](C)(C)C)OC(=O)CCCCCCCCc1oc(CCC)c(C)c1C. The summed E-state index contributed by atoms with van der Waals surface area (Å²) in [5, 5.41) is 10.3. The van der Waals surface area contributed by atoms with Crippen LogP contribution in [0.1, 0.15) is 133 Å². The minimum absolute atomic E-state index is 0.0172. The fourth-order valence-corrected chi connectivity index (χ4v) is 6.56. The number of aliphatic hydroxyl groups is 1. The van der Waals surface area contributed by atoms with E-state index in [1.54, 1.807) is 12.2 Å². The van der Waals surface area contributed by atoms with Gasteiger partial charge in [-0.25, -0.2) is 4.57 Å². The highest BCUT2D eigenvalue weighted by Gasteiger charge is 2.27. The van der Waals surface area contributed by atoms with Crippen LogP contribution in [0.4, 0.5) is 0 Å². The van der Waals surface area contributed by atoms with E-state index in [0.717, 1.165) is 95.0 Å². The third kappa shape index (κ3) is 29.8. The van der Waals surface area contributed by atoms with Crippen LogP contribution in [0.2, 0.25) is 0 Å². The molecule has 12 heteroatoms. The molecular weight excluding hydrogens is 781 g/mol. The number of phosphoric ester groups is 1. The van der Waals surface area contributed by atoms with Gasteiger partial charge in [-0.05, 0) is 82.8 Å². The Kier molecular flexibility index (Phi) is 30.4. The topological polar surface area (TPSA) is 142 Å². The zero-order chi connectivity index (χ0) is 44.5. The molecule has 0 spiro atoms. The second kappa shape index (κ2) is 33.3. The summed E-state index contributed by atoms with van der Waals surface area (Å²) in [7, 11) is 1.31. The number of allylic oxidation sites excluding steroid dienone is 11. The van der Waals surface area contributed by atoms with Crippen LogP contribution in [-0.4, -0.2) is 86.1 Å². The standard InChI is InChI=1S/C48H78NO10P/c1-8-10-11-12-13-14-15-16-17-18-19-20-21-22-25-28-32-43(50)35-36-47(51)55-39-44(40-57-60(53,54)56-38-37-49(5,6)7)58-48(52)34-30-27-24-23-26-29-33-46-42(4)41(3)45(59-46)31-9-2/h10-11,13-14,16-17,19-20,22,25,28,32,43-44,50H,8-9,12,15,18,21,23-24,26-27,29-31,33-40H2,1-7H3/p+1/b11-10-,14-13-,17-16-,20-19-,25-22-,32-28-/t43?,44-/m1/s1. The van der Waals surface area contributed by atoms with Crippen LogP contribution >= 0.6 is 7.82 Å². The third-order valence-electron chi connectivity index (χ3n) is 9.54. The first-order valence-electron chi connectivity index (χ1n) is 22.1. The van der Waals surface area contributed by atoms with Gasteiger partial charge >= 0.3 is 19.8 Å². The van der Waals surface area contributed by atoms with E-state index in [0.29, 0.717) is 17.4 Å². The number of aliphatic hydroxyl groups excluding tert-OH is 1. The average Bonchev–Trinajstić information content (AvgIpc) is 3.46. The van der Waals surface area contributed by atoms with E-state index in [9.17, 15) is 24.2 Å². The minimum atomic E-state index is -4.45. The molecule has 1 aromatic heterocycles. The molecule has 3 atom stereocenters. The molecule has 0 bridgehead atoms. The fraction of sp³-hybridized carbons (Fsp3) is 0.625. The molecule has 0 amide bonds. The lowest BCUT2D eigenvalue weighted by molar-refractivity contribution is -0.870. The van der Waals surface area contributed by atoms with Gasteiger partial charge in [0.05, 0.1) is 33.9 Å². The summed E-state index contributed by atoms with van der Waals surface area (Å²) in [6.45, 7) is 8.15. The largest absolute Gasteiger partial charge is 0.472 e. The van der Waals surface area contributed by atoms with Crippen LogP contribution in [-0.2, 0) is 45.5 Å². The Bertz CT molecular complexity index is 1550. The molecular formula is C48H79NO10P+. The van der Waals surface area contributed by atoms with Crippen molar-refractivity contribution < 1.29 is 51.6 Å². The number of hydrogen-bond donors (Lipinski definition) is 2. The Morgan fingerprint density at radius 1 is 0.717 bits per heavy atom. The van der Waals surface area contributed by atoms with Gasteiger partial charge in [-0.15, -0.1) is 0 Å². The summed E-state index contributed by atoms with van der Waals surface area (Å²) in [4.78, 5) is 35.5. The zero-order valence-corrected chi connectivity index (χ0v) is 38.9. The first-order valence-corrected chi connectivity index (χ1v) is 23.6. The molecule has 1 aromatic rings. The van der Waals surface area contributed by atoms with E-state index in [2.05, 4.69) is 76.3 Å². The molecule has 2 N–H and O–H groups in total. The third-order valence-corrected chi connectivity index (χ3v) is 10.5. The molecule has 0 saturated carbocycles. The van der Waals surface area contributed by atoms with E-state index in [4.69, 9.17) is 22.9 Å². The number of rotatable bonds is 35. The predicted octanol–water partition coefficient (Wildman–Crippen LogP) is 10.9. The van der Waals surface area contributed by atoms with Crippen LogP contribution < -0.4 is 0 Å². The smallest absolute Gasteiger partial charge is 0.466 e. The normalized spacial score (nSPS) is 14.8. The van der Waals surface area contributed by atoms with Gasteiger partial charge in [0.2, 0.25) is 0 Å². The number of furan rings is 1. The zero-order valence-electron chi connectivity index (χ0n) is 38.0. The van der Waals surface area contributed by atoms with Crippen molar-refractivity contribution in [3.05, 3.63) is 95.6 Å². The van der Waals surface area contributed by atoms with Gasteiger partial charge in [0.1, 0.15) is 31.3 Å². The Morgan fingerprint density at radius 2 is 1.28 bits per heavy atom. The van der Waals surface area contributed by atoms with Gasteiger partial charge in [-0.1, -0.05) is 112 Å². The van der Waals surface area contributed by atoms with E-state index < -0.39 is 38.6 Å². The number of ether oxygens (including phenoxy) is 2. The van der Waals surface area contributed by atoms with Gasteiger partial charge in [0, 0.05) is 25.7 Å². The number of quaternary nitrogens is 1. The number of unbranched alkanes of at least 4 members (excludes halogenated alkanes) is 5. The van der Waals surface area contributed by atoms with Crippen molar-refractivity contribution in [2.75, 3.05) is 47.5 Å². The summed E-state index contributed by atoms with van der Waals surface area (Å²) in [6, 6.07) is 0. The van der Waals surface area contributed by atoms with E-state index in [1.807, 2.05) is 33.3 Å². The highest BCUT2D eigenvalue weighted by molar-refractivity contribution is 7.47. The van der Waals surface area contributed by atoms with Crippen LogP contribution in [0.5, 0.6) is 0 Å².